The van der Waals surface area contributed by atoms with Crippen LogP contribution in [0.25, 0.3) is 0 Å². The third kappa shape index (κ3) is 7.60. The van der Waals surface area contributed by atoms with Gasteiger partial charge in [0.2, 0.25) is 0 Å². The van der Waals surface area contributed by atoms with Crippen molar-refractivity contribution in [3.8, 4) is 0 Å². The normalized spacial score (nSPS) is 9.17. The quantitative estimate of drug-likeness (QED) is 0.607. The molecule has 0 heterocycles. The van der Waals surface area contributed by atoms with E-state index in [1.165, 1.54) is 12.1 Å². The number of alkyl halides is 3. The van der Waals surface area contributed by atoms with Crippen LogP contribution in [0.15, 0.2) is 24.3 Å². The monoisotopic (exact) mass is 240 g/mol. The highest BCUT2D eigenvalue weighted by Gasteiger charge is 1.83. The first kappa shape index (κ1) is 11.5. The largest absolute Gasteiger partial charge is 0.292 e. The van der Waals surface area contributed by atoms with Gasteiger partial charge in [-0.15, -0.1) is 0 Å². The first-order valence-corrected chi connectivity index (χ1v) is 4.08. The molecule has 1 rings (SSSR count). The number of aryl methyl sites for hydroxylation is 1. The first-order valence-electron chi connectivity index (χ1n) is 3.17. The van der Waals surface area contributed by atoms with Crippen LogP contribution in [0.3, 0.4) is 0 Å². The maximum absolute atomic E-state index is 12.1. The predicted octanol–water partition coefficient (Wildman–Crippen LogP) is 3.74. The molecular weight excluding hydrogens is 233 g/mol. The van der Waals surface area contributed by atoms with Gasteiger partial charge in [-0.1, -0.05) is 17.7 Å². The van der Waals surface area contributed by atoms with Crippen LogP contribution in [0, 0.1) is 12.7 Å². The Labute approximate surface area is 77.5 Å². The molecule has 0 saturated heterocycles. The molecule has 4 heteroatoms. The molecule has 0 aliphatic rings. The third-order valence-electron chi connectivity index (χ3n) is 1.01. The zero-order valence-electron chi connectivity index (χ0n) is 6.40. The zero-order valence-corrected chi connectivity index (χ0v) is 7.98. The van der Waals surface area contributed by atoms with Crippen LogP contribution in [0.4, 0.5) is 13.2 Å². The Kier molecular flexibility index (Phi) is 5.80. The van der Waals surface area contributed by atoms with E-state index >= 15 is 0 Å². The fourth-order valence-electron chi connectivity index (χ4n) is 0.533. The minimum absolute atomic E-state index is 0.171. The Morgan fingerprint density at radius 2 is 1.50 bits per heavy atom. The van der Waals surface area contributed by atoms with Crippen molar-refractivity contribution in [1.82, 2.24) is 0 Å². The van der Waals surface area contributed by atoms with Gasteiger partial charge < -0.3 is 0 Å². The van der Waals surface area contributed by atoms with Gasteiger partial charge in [-0.2, -0.15) is 8.78 Å². The summed E-state index contributed by atoms with van der Waals surface area (Å²) >= 11 is 1.94. The van der Waals surface area contributed by atoms with E-state index in [0.29, 0.717) is 0 Å². The minimum Gasteiger partial charge on any atom is -0.207 e. The van der Waals surface area contributed by atoms with Gasteiger partial charge in [-0.3, -0.25) is 0 Å². The average molecular weight is 241 g/mol. The van der Waals surface area contributed by atoms with Gasteiger partial charge in [-0.25, -0.2) is 4.39 Å². The standard InChI is InChI=1S/C7H7F.CHBrF2/c1-6-2-4-7(8)5-3-6;2-1(3)4/h2-5H,1H3;1H. The van der Waals surface area contributed by atoms with Crippen molar-refractivity contribution in [2.24, 2.45) is 0 Å². The summed E-state index contributed by atoms with van der Waals surface area (Å²) in [5, 5.41) is -2.35. The topological polar surface area (TPSA) is 0 Å². The van der Waals surface area contributed by atoms with E-state index in [0.717, 1.165) is 5.56 Å². The van der Waals surface area contributed by atoms with E-state index in [4.69, 9.17) is 0 Å². The highest BCUT2D eigenvalue weighted by atomic mass is 79.9. The summed E-state index contributed by atoms with van der Waals surface area (Å²) in [4.78, 5) is 0. The van der Waals surface area contributed by atoms with Crippen LogP contribution in [-0.4, -0.2) is 5.33 Å². The molecule has 0 saturated carbocycles. The lowest BCUT2D eigenvalue weighted by atomic mass is 10.2. The molecule has 68 valence electrons. The lowest BCUT2D eigenvalue weighted by molar-refractivity contribution is 0.260. The number of benzene rings is 1. The van der Waals surface area contributed by atoms with Gasteiger partial charge in [-0.05, 0) is 35.0 Å². The summed E-state index contributed by atoms with van der Waals surface area (Å²) in [5.74, 6) is -0.171. The van der Waals surface area contributed by atoms with Crippen LogP contribution in [0.1, 0.15) is 5.56 Å². The third-order valence-corrected chi connectivity index (χ3v) is 1.01. The number of halogens is 4. The molecule has 0 aliphatic carbocycles. The molecule has 0 amide bonds. The van der Waals surface area contributed by atoms with Gasteiger partial charge >= 0.3 is 0 Å². The van der Waals surface area contributed by atoms with Crippen molar-refractivity contribution in [2.45, 2.75) is 12.3 Å². The molecule has 0 N–H and O–H groups in total. The Morgan fingerprint density at radius 3 is 1.75 bits per heavy atom. The highest BCUT2D eigenvalue weighted by molar-refractivity contribution is 9.09. The molecule has 0 spiro atoms. The number of rotatable bonds is 0. The zero-order chi connectivity index (χ0) is 9.56. The van der Waals surface area contributed by atoms with Gasteiger partial charge in [0.1, 0.15) is 5.82 Å². The summed E-state index contributed by atoms with van der Waals surface area (Å²) in [6.45, 7) is 1.93. The lowest BCUT2D eigenvalue weighted by Crippen LogP contribution is -1.71. The SMILES string of the molecule is Cc1ccc(F)cc1.FC(F)Br. The molecule has 0 radical (unpaired) electrons. The second kappa shape index (κ2) is 6.06. The Morgan fingerprint density at radius 1 is 1.17 bits per heavy atom. The fraction of sp³-hybridized carbons (Fsp3) is 0.250. The summed E-state index contributed by atoms with van der Waals surface area (Å²) in [6, 6.07) is 6.40. The first-order chi connectivity index (χ1) is 5.52. The number of hydrogen-bond acceptors (Lipinski definition) is 0. The van der Waals surface area contributed by atoms with Gasteiger partial charge in [0.15, 0.2) is 0 Å². The Balaban J connectivity index is 0.000000261. The summed E-state index contributed by atoms with van der Waals surface area (Å²) in [6.07, 6.45) is 0. The van der Waals surface area contributed by atoms with Crippen LogP contribution in [-0.2, 0) is 0 Å². The smallest absolute Gasteiger partial charge is 0.207 e. The van der Waals surface area contributed by atoms with Crippen molar-refractivity contribution in [1.29, 1.82) is 0 Å². The van der Waals surface area contributed by atoms with E-state index in [2.05, 4.69) is 0 Å². The second-order valence-electron chi connectivity index (χ2n) is 2.04. The molecule has 0 aromatic heterocycles. The molecule has 0 bridgehead atoms. The summed E-state index contributed by atoms with van der Waals surface area (Å²) < 4.78 is 32.6. The molecule has 0 atom stereocenters. The second-order valence-corrected chi connectivity index (χ2v) is 2.74. The number of hydrogen-bond donors (Lipinski definition) is 0. The molecule has 0 fully saturated rings. The lowest BCUT2D eigenvalue weighted by Gasteiger charge is -1.87. The molecule has 0 nitrogen and oxygen atoms in total. The Hall–Kier alpha value is -0.510. The average Bonchev–Trinajstić information content (AvgIpc) is 1.94. The van der Waals surface area contributed by atoms with Crippen LogP contribution >= 0.6 is 15.9 Å². The molecule has 0 unspecified atom stereocenters. The van der Waals surface area contributed by atoms with E-state index in [1.807, 2.05) is 22.9 Å². The van der Waals surface area contributed by atoms with Crippen LogP contribution in [0.2, 0.25) is 0 Å². The fourth-order valence-corrected chi connectivity index (χ4v) is 0.533. The summed E-state index contributed by atoms with van der Waals surface area (Å²) in [7, 11) is 0. The molecule has 1 aromatic carbocycles. The van der Waals surface area contributed by atoms with Gasteiger partial charge in [0.05, 0.1) is 0 Å². The van der Waals surface area contributed by atoms with E-state index < -0.39 is 5.33 Å². The highest BCUT2D eigenvalue weighted by Crippen LogP contribution is 1.99. The van der Waals surface area contributed by atoms with E-state index in [9.17, 15) is 13.2 Å². The predicted molar refractivity (Wildman–Crippen MR) is 46.1 cm³/mol. The Bertz CT molecular complexity index is 184. The maximum atomic E-state index is 12.1. The molecular formula is C8H8BrF3. The van der Waals surface area contributed by atoms with Crippen LogP contribution < -0.4 is 0 Å². The minimum atomic E-state index is -2.35. The van der Waals surface area contributed by atoms with Gasteiger partial charge in [0.25, 0.3) is 5.33 Å². The van der Waals surface area contributed by atoms with E-state index in [1.54, 1.807) is 12.1 Å². The van der Waals surface area contributed by atoms with Crippen LogP contribution in [0.5, 0.6) is 0 Å². The van der Waals surface area contributed by atoms with E-state index in [-0.39, 0.29) is 5.82 Å². The maximum Gasteiger partial charge on any atom is 0.292 e. The van der Waals surface area contributed by atoms with Crippen molar-refractivity contribution < 1.29 is 13.2 Å². The van der Waals surface area contributed by atoms with Gasteiger partial charge in [0, 0.05) is 0 Å². The van der Waals surface area contributed by atoms with Crippen molar-refractivity contribution in [2.75, 3.05) is 0 Å². The summed E-state index contributed by atoms with van der Waals surface area (Å²) in [5.41, 5.74) is 1.09. The van der Waals surface area contributed by atoms with Crippen molar-refractivity contribution >= 4 is 15.9 Å². The van der Waals surface area contributed by atoms with Crippen molar-refractivity contribution in [3.05, 3.63) is 35.6 Å². The molecule has 0 aliphatic heterocycles. The van der Waals surface area contributed by atoms with Crippen molar-refractivity contribution in [3.63, 3.8) is 0 Å². The molecule has 12 heavy (non-hydrogen) atoms. The molecule has 1 aromatic rings.